The van der Waals surface area contributed by atoms with Crippen molar-refractivity contribution in [2.45, 2.75) is 12.8 Å². The summed E-state index contributed by atoms with van der Waals surface area (Å²) in [6, 6.07) is 14.8. The van der Waals surface area contributed by atoms with Crippen LogP contribution in [0.5, 0.6) is 0 Å². The van der Waals surface area contributed by atoms with Gasteiger partial charge >= 0.3 is 0 Å². The van der Waals surface area contributed by atoms with Crippen molar-refractivity contribution >= 4 is 17.3 Å². The molecule has 1 heterocycles. The average molecular weight is 384 g/mol. The molecule has 1 aliphatic heterocycles. The Hall–Kier alpha value is -2.44. The molecular formula is C22H29FN4O. The van der Waals surface area contributed by atoms with Gasteiger partial charge in [0, 0.05) is 50.5 Å². The number of carbonyl (C=O) groups excluding carboxylic acids is 1. The average Bonchev–Trinajstić information content (AvgIpc) is 2.70. The summed E-state index contributed by atoms with van der Waals surface area (Å²) < 4.78 is 13.5. The highest BCUT2D eigenvalue weighted by atomic mass is 19.1. The van der Waals surface area contributed by atoms with E-state index < -0.39 is 0 Å². The summed E-state index contributed by atoms with van der Waals surface area (Å²) in [5, 5.41) is 6.13. The number of rotatable bonds is 8. The summed E-state index contributed by atoms with van der Waals surface area (Å²) >= 11 is 0. The Kier molecular flexibility index (Phi) is 7.39. The van der Waals surface area contributed by atoms with E-state index in [4.69, 9.17) is 0 Å². The smallest absolute Gasteiger partial charge is 0.225 e. The molecule has 0 radical (unpaired) electrons. The van der Waals surface area contributed by atoms with Crippen molar-refractivity contribution in [2.75, 3.05) is 56.5 Å². The maximum absolute atomic E-state index is 13.5. The second kappa shape index (κ2) is 10.2. The number of hydrogen-bond donors (Lipinski definition) is 2. The van der Waals surface area contributed by atoms with Gasteiger partial charge in [0.25, 0.3) is 0 Å². The first-order valence-corrected chi connectivity index (χ1v) is 9.89. The molecule has 2 N–H and O–H groups in total. The molecule has 1 amide bonds. The molecule has 0 atom stereocenters. The molecule has 1 saturated heterocycles. The van der Waals surface area contributed by atoms with Gasteiger partial charge in [-0.2, -0.15) is 0 Å². The maximum Gasteiger partial charge on any atom is 0.225 e. The molecule has 150 valence electrons. The lowest BCUT2D eigenvalue weighted by Crippen LogP contribution is -2.44. The molecule has 6 heteroatoms. The standard InChI is InChI=1S/C22H29FN4O/c1-26-14-16-27(17-15-26)20-8-6-19(7-9-20)25-22(28)11-13-24-12-10-18-4-2-3-5-21(18)23/h2-9,24H,10-17H2,1H3,(H,25,28). The lowest BCUT2D eigenvalue weighted by atomic mass is 10.1. The van der Waals surface area contributed by atoms with Crippen molar-refractivity contribution in [1.29, 1.82) is 0 Å². The summed E-state index contributed by atoms with van der Waals surface area (Å²) in [4.78, 5) is 16.8. The second-order valence-electron chi connectivity index (χ2n) is 7.23. The third-order valence-corrected chi connectivity index (χ3v) is 5.08. The van der Waals surface area contributed by atoms with Crippen molar-refractivity contribution < 1.29 is 9.18 Å². The fraction of sp³-hybridized carbons (Fsp3) is 0.409. The van der Waals surface area contributed by atoms with Crippen LogP contribution in [0.4, 0.5) is 15.8 Å². The maximum atomic E-state index is 13.5. The highest BCUT2D eigenvalue weighted by Gasteiger charge is 2.14. The highest BCUT2D eigenvalue weighted by molar-refractivity contribution is 5.91. The van der Waals surface area contributed by atoms with E-state index in [9.17, 15) is 9.18 Å². The number of halogens is 1. The molecule has 28 heavy (non-hydrogen) atoms. The van der Waals surface area contributed by atoms with E-state index in [0.717, 1.165) is 31.9 Å². The first-order valence-electron chi connectivity index (χ1n) is 9.89. The molecule has 1 aliphatic rings. The second-order valence-corrected chi connectivity index (χ2v) is 7.23. The van der Waals surface area contributed by atoms with Gasteiger partial charge in [-0.1, -0.05) is 18.2 Å². The predicted molar refractivity (Wildman–Crippen MR) is 112 cm³/mol. The normalized spacial score (nSPS) is 14.9. The number of nitrogens with one attached hydrogen (secondary N) is 2. The minimum Gasteiger partial charge on any atom is -0.369 e. The molecule has 0 unspecified atom stereocenters. The number of likely N-dealkylation sites (N-methyl/N-ethyl adjacent to an activating group) is 1. The zero-order chi connectivity index (χ0) is 19.8. The van der Waals surface area contributed by atoms with Gasteiger partial charge in [-0.3, -0.25) is 4.79 Å². The van der Waals surface area contributed by atoms with Crippen molar-refractivity contribution in [3.63, 3.8) is 0 Å². The third-order valence-electron chi connectivity index (χ3n) is 5.08. The van der Waals surface area contributed by atoms with E-state index in [2.05, 4.69) is 39.6 Å². The molecular weight excluding hydrogens is 355 g/mol. The van der Waals surface area contributed by atoms with Crippen LogP contribution >= 0.6 is 0 Å². The van der Waals surface area contributed by atoms with Gasteiger partial charge in [-0.25, -0.2) is 4.39 Å². The topological polar surface area (TPSA) is 47.6 Å². The lowest BCUT2D eigenvalue weighted by molar-refractivity contribution is -0.116. The Balaban J connectivity index is 1.35. The molecule has 0 spiro atoms. The van der Waals surface area contributed by atoms with Gasteiger partial charge in [-0.05, 0) is 55.9 Å². The predicted octanol–water partition coefficient (Wildman–Crippen LogP) is 2.74. The summed E-state index contributed by atoms with van der Waals surface area (Å²) in [7, 11) is 2.14. The lowest BCUT2D eigenvalue weighted by Gasteiger charge is -2.34. The fourth-order valence-electron chi connectivity index (χ4n) is 3.29. The van der Waals surface area contributed by atoms with Crippen LogP contribution in [0.1, 0.15) is 12.0 Å². The molecule has 0 aromatic heterocycles. The van der Waals surface area contributed by atoms with Gasteiger partial charge in [-0.15, -0.1) is 0 Å². The van der Waals surface area contributed by atoms with Crippen LogP contribution in [-0.2, 0) is 11.2 Å². The monoisotopic (exact) mass is 384 g/mol. The highest BCUT2D eigenvalue weighted by Crippen LogP contribution is 2.19. The largest absolute Gasteiger partial charge is 0.369 e. The number of anilines is 2. The number of benzene rings is 2. The molecule has 0 aliphatic carbocycles. The number of amides is 1. The SMILES string of the molecule is CN1CCN(c2ccc(NC(=O)CCNCCc3ccccc3F)cc2)CC1. The first-order chi connectivity index (χ1) is 13.6. The van der Waals surface area contributed by atoms with E-state index in [1.807, 2.05) is 18.2 Å². The number of hydrogen-bond acceptors (Lipinski definition) is 4. The minimum absolute atomic E-state index is 0.0225. The zero-order valence-electron chi connectivity index (χ0n) is 16.5. The molecule has 0 bridgehead atoms. The van der Waals surface area contributed by atoms with Gasteiger partial charge in [0.05, 0.1) is 0 Å². The Morgan fingerprint density at radius 2 is 1.71 bits per heavy atom. The Bertz CT molecular complexity index is 757. The zero-order valence-corrected chi connectivity index (χ0v) is 16.5. The van der Waals surface area contributed by atoms with E-state index in [1.54, 1.807) is 12.1 Å². The number of nitrogens with zero attached hydrogens (tertiary/aromatic N) is 2. The fourth-order valence-corrected chi connectivity index (χ4v) is 3.29. The third kappa shape index (κ3) is 6.04. The van der Waals surface area contributed by atoms with Crippen LogP contribution in [0.3, 0.4) is 0 Å². The van der Waals surface area contributed by atoms with Crippen molar-refractivity contribution in [2.24, 2.45) is 0 Å². The van der Waals surface area contributed by atoms with Crippen LogP contribution in [0.2, 0.25) is 0 Å². The number of piperazine rings is 1. The van der Waals surface area contributed by atoms with Crippen LogP contribution in [-0.4, -0.2) is 57.1 Å². The quantitative estimate of drug-likeness (QED) is 0.687. The Morgan fingerprint density at radius 3 is 2.43 bits per heavy atom. The summed E-state index contributed by atoms with van der Waals surface area (Å²) in [6.45, 7) is 5.42. The van der Waals surface area contributed by atoms with Crippen LogP contribution in [0.15, 0.2) is 48.5 Å². The molecule has 5 nitrogen and oxygen atoms in total. The molecule has 3 rings (SSSR count). The van der Waals surface area contributed by atoms with Crippen molar-refractivity contribution in [3.05, 3.63) is 59.9 Å². The van der Waals surface area contributed by atoms with E-state index >= 15 is 0 Å². The van der Waals surface area contributed by atoms with Crippen LogP contribution in [0, 0.1) is 5.82 Å². The molecule has 0 saturated carbocycles. The van der Waals surface area contributed by atoms with Crippen LogP contribution < -0.4 is 15.5 Å². The van der Waals surface area contributed by atoms with E-state index in [-0.39, 0.29) is 11.7 Å². The van der Waals surface area contributed by atoms with Crippen LogP contribution in [0.25, 0.3) is 0 Å². The van der Waals surface area contributed by atoms with Gasteiger partial charge in [0.1, 0.15) is 5.82 Å². The summed E-state index contributed by atoms with van der Waals surface area (Å²) in [6.07, 6.45) is 1.000. The van der Waals surface area contributed by atoms with Crippen molar-refractivity contribution in [3.8, 4) is 0 Å². The van der Waals surface area contributed by atoms with Gasteiger partial charge in [0.2, 0.25) is 5.91 Å². The summed E-state index contributed by atoms with van der Waals surface area (Å²) in [5.41, 5.74) is 2.70. The van der Waals surface area contributed by atoms with Crippen molar-refractivity contribution in [1.82, 2.24) is 10.2 Å². The molecule has 1 fully saturated rings. The van der Waals surface area contributed by atoms with E-state index in [1.165, 1.54) is 11.8 Å². The van der Waals surface area contributed by atoms with Gasteiger partial charge < -0.3 is 20.4 Å². The van der Waals surface area contributed by atoms with E-state index in [0.29, 0.717) is 31.5 Å². The minimum atomic E-state index is -0.179. The Morgan fingerprint density at radius 1 is 1.00 bits per heavy atom. The molecule has 2 aromatic rings. The van der Waals surface area contributed by atoms with Gasteiger partial charge in [0.15, 0.2) is 0 Å². The Labute approximate surface area is 166 Å². The molecule has 2 aromatic carbocycles. The number of carbonyl (C=O) groups is 1. The summed E-state index contributed by atoms with van der Waals surface area (Å²) in [5.74, 6) is -0.201. The first kappa shape index (κ1) is 20.3.